The lowest BCUT2D eigenvalue weighted by Gasteiger charge is -2.13. The second-order valence-electron chi connectivity index (χ2n) is 5.65. The van der Waals surface area contributed by atoms with E-state index in [1.54, 1.807) is 7.05 Å². The van der Waals surface area contributed by atoms with Gasteiger partial charge in [0.15, 0.2) is 5.96 Å². The summed E-state index contributed by atoms with van der Waals surface area (Å²) in [6, 6.07) is 16.1. The highest BCUT2D eigenvalue weighted by atomic mass is 127. The number of carbonyl (C=O) groups excluding carboxylic acids is 1. The average Bonchev–Trinajstić information content (AvgIpc) is 2.55. The second kappa shape index (κ2) is 10.7. The molecule has 0 heterocycles. The van der Waals surface area contributed by atoms with Gasteiger partial charge in [-0.2, -0.15) is 0 Å². The van der Waals surface area contributed by atoms with E-state index in [4.69, 9.17) is 0 Å². The molecule has 2 aromatic rings. The van der Waals surface area contributed by atoms with Crippen LogP contribution in [0.5, 0.6) is 0 Å². The Hall–Kier alpha value is -2.09. The van der Waals surface area contributed by atoms with Crippen LogP contribution in [0.25, 0.3) is 0 Å². The molecule has 0 aliphatic carbocycles. The molecule has 0 radical (unpaired) electrons. The molecule has 0 bridgehead atoms. The predicted molar refractivity (Wildman–Crippen MR) is 114 cm³/mol. The number of carbonyl (C=O) groups is 1. The van der Waals surface area contributed by atoms with Gasteiger partial charge in [0.25, 0.3) is 0 Å². The molecule has 0 fully saturated rings. The minimum absolute atomic E-state index is 0. The van der Waals surface area contributed by atoms with Crippen molar-refractivity contribution in [2.24, 2.45) is 4.99 Å². The molecule has 0 unspecified atom stereocenters. The van der Waals surface area contributed by atoms with Gasteiger partial charge in [0.1, 0.15) is 0 Å². The van der Waals surface area contributed by atoms with E-state index in [0.29, 0.717) is 13.1 Å². The van der Waals surface area contributed by atoms with Gasteiger partial charge in [-0.15, -0.1) is 24.0 Å². The Balaban J connectivity index is 0.00000312. The van der Waals surface area contributed by atoms with E-state index in [9.17, 15) is 4.79 Å². The van der Waals surface area contributed by atoms with E-state index in [2.05, 4.69) is 52.1 Å². The van der Waals surface area contributed by atoms with Crippen molar-refractivity contribution in [3.05, 3.63) is 65.2 Å². The molecular formula is C19H25IN4O. The quantitative estimate of drug-likeness (QED) is 0.370. The van der Waals surface area contributed by atoms with Gasteiger partial charge in [0.05, 0.1) is 0 Å². The van der Waals surface area contributed by atoms with Gasteiger partial charge < -0.3 is 16.0 Å². The minimum Gasteiger partial charge on any atom is -0.352 e. The number of amides is 1. The molecule has 6 heteroatoms. The number of halogens is 1. The van der Waals surface area contributed by atoms with E-state index in [-0.39, 0.29) is 29.9 Å². The molecule has 1 amide bonds. The van der Waals surface area contributed by atoms with Crippen molar-refractivity contribution in [2.75, 3.05) is 12.4 Å². The first-order chi connectivity index (χ1) is 11.6. The summed E-state index contributed by atoms with van der Waals surface area (Å²) in [7, 11) is 1.75. The predicted octanol–water partition coefficient (Wildman–Crippen LogP) is 3.44. The summed E-state index contributed by atoms with van der Waals surface area (Å²) in [4.78, 5) is 15.4. The summed E-state index contributed by atoms with van der Waals surface area (Å²) in [5.74, 6) is 0.664. The molecule has 0 saturated heterocycles. The van der Waals surface area contributed by atoms with Crippen LogP contribution in [0.3, 0.4) is 0 Å². The van der Waals surface area contributed by atoms with Gasteiger partial charge in [0, 0.05) is 32.7 Å². The summed E-state index contributed by atoms with van der Waals surface area (Å²) in [5, 5.41) is 9.36. The van der Waals surface area contributed by atoms with Crippen molar-refractivity contribution in [3.8, 4) is 0 Å². The lowest BCUT2D eigenvalue weighted by atomic mass is 10.1. The third kappa shape index (κ3) is 7.55. The maximum absolute atomic E-state index is 11.1. The number of nitrogens with zero attached hydrogens (tertiary/aromatic N) is 1. The van der Waals surface area contributed by atoms with Gasteiger partial charge in [-0.05, 0) is 30.2 Å². The first-order valence-electron chi connectivity index (χ1n) is 7.93. The van der Waals surface area contributed by atoms with Crippen LogP contribution in [0.2, 0.25) is 0 Å². The van der Waals surface area contributed by atoms with Crippen molar-refractivity contribution >= 4 is 41.5 Å². The third-order valence-electron chi connectivity index (χ3n) is 3.47. The summed E-state index contributed by atoms with van der Waals surface area (Å²) in [5.41, 5.74) is 4.32. The van der Waals surface area contributed by atoms with Crippen molar-refractivity contribution in [1.82, 2.24) is 10.6 Å². The average molecular weight is 452 g/mol. The Morgan fingerprint density at radius 1 is 1.00 bits per heavy atom. The van der Waals surface area contributed by atoms with Crippen molar-refractivity contribution in [1.29, 1.82) is 0 Å². The molecule has 0 atom stereocenters. The zero-order valence-corrected chi connectivity index (χ0v) is 17.1. The number of aryl methyl sites for hydroxylation is 1. The molecule has 0 saturated carbocycles. The maximum atomic E-state index is 11.1. The van der Waals surface area contributed by atoms with E-state index in [1.165, 1.54) is 18.1 Å². The van der Waals surface area contributed by atoms with Gasteiger partial charge >= 0.3 is 0 Å². The van der Waals surface area contributed by atoms with Gasteiger partial charge in [0.2, 0.25) is 5.91 Å². The highest BCUT2D eigenvalue weighted by Crippen LogP contribution is 2.10. The van der Waals surface area contributed by atoms with Crippen LogP contribution in [-0.4, -0.2) is 18.9 Å². The lowest BCUT2D eigenvalue weighted by molar-refractivity contribution is -0.114. The number of hydrogen-bond donors (Lipinski definition) is 3. The number of aliphatic imine (C=N–C) groups is 1. The Kier molecular flexibility index (Phi) is 8.98. The Labute approximate surface area is 166 Å². The molecular weight excluding hydrogens is 427 g/mol. The number of anilines is 1. The summed E-state index contributed by atoms with van der Waals surface area (Å²) in [6.07, 6.45) is 0. The van der Waals surface area contributed by atoms with Crippen LogP contribution >= 0.6 is 24.0 Å². The first kappa shape index (κ1) is 21.0. The molecule has 2 aromatic carbocycles. The summed E-state index contributed by atoms with van der Waals surface area (Å²) < 4.78 is 0. The fourth-order valence-electron chi connectivity index (χ4n) is 2.38. The monoisotopic (exact) mass is 452 g/mol. The van der Waals surface area contributed by atoms with E-state index >= 15 is 0 Å². The van der Waals surface area contributed by atoms with Crippen LogP contribution in [0.1, 0.15) is 23.6 Å². The Morgan fingerprint density at radius 2 is 1.60 bits per heavy atom. The van der Waals surface area contributed by atoms with Crippen LogP contribution in [0.15, 0.2) is 53.5 Å². The van der Waals surface area contributed by atoms with Crippen LogP contribution in [-0.2, 0) is 17.9 Å². The highest BCUT2D eigenvalue weighted by Gasteiger charge is 2.01. The molecule has 0 spiro atoms. The molecule has 25 heavy (non-hydrogen) atoms. The summed E-state index contributed by atoms with van der Waals surface area (Å²) in [6.45, 7) is 4.93. The Morgan fingerprint density at radius 3 is 2.16 bits per heavy atom. The second-order valence-corrected chi connectivity index (χ2v) is 5.65. The molecule has 134 valence electrons. The molecule has 2 rings (SSSR count). The van der Waals surface area contributed by atoms with Gasteiger partial charge in [-0.25, -0.2) is 0 Å². The number of benzene rings is 2. The number of rotatable bonds is 5. The molecule has 5 nitrogen and oxygen atoms in total. The summed E-state index contributed by atoms with van der Waals surface area (Å²) >= 11 is 0. The fourth-order valence-corrected chi connectivity index (χ4v) is 2.38. The minimum atomic E-state index is -0.0734. The SMILES string of the molecule is CN=C(NCc1cccc(C)c1)NCc1cccc(NC(C)=O)c1.I. The molecule has 0 aliphatic rings. The Bertz CT molecular complexity index is 731. The van der Waals surface area contributed by atoms with E-state index in [0.717, 1.165) is 17.2 Å². The maximum Gasteiger partial charge on any atom is 0.221 e. The normalized spacial score (nSPS) is 10.6. The largest absolute Gasteiger partial charge is 0.352 e. The molecule has 3 N–H and O–H groups in total. The first-order valence-corrected chi connectivity index (χ1v) is 7.93. The van der Waals surface area contributed by atoms with Crippen molar-refractivity contribution in [2.45, 2.75) is 26.9 Å². The van der Waals surface area contributed by atoms with Crippen LogP contribution < -0.4 is 16.0 Å². The number of hydrogen-bond acceptors (Lipinski definition) is 2. The van der Waals surface area contributed by atoms with E-state index < -0.39 is 0 Å². The third-order valence-corrected chi connectivity index (χ3v) is 3.47. The van der Waals surface area contributed by atoms with Gasteiger partial charge in [-0.1, -0.05) is 42.0 Å². The zero-order valence-electron chi connectivity index (χ0n) is 14.8. The highest BCUT2D eigenvalue weighted by molar-refractivity contribution is 14.0. The van der Waals surface area contributed by atoms with Crippen molar-refractivity contribution < 1.29 is 4.79 Å². The molecule has 0 aromatic heterocycles. The van der Waals surface area contributed by atoms with Crippen molar-refractivity contribution in [3.63, 3.8) is 0 Å². The molecule has 0 aliphatic heterocycles. The zero-order chi connectivity index (χ0) is 17.4. The topological polar surface area (TPSA) is 65.5 Å². The van der Waals surface area contributed by atoms with Crippen LogP contribution in [0.4, 0.5) is 5.69 Å². The van der Waals surface area contributed by atoms with Crippen LogP contribution in [0, 0.1) is 6.92 Å². The number of guanidine groups is 1. The fraction of sp³-hybridized carbons (Fsp3) is 0.263. The standard InChI is InChI=1S/C19H24N4O.HI/c1-14-6-4-7-16(10-14)12-21-19(20-3)22-13-17-8-5-9-18(11-17)23-15(2)24;/h4-11H,12-13H2,1-3H3,(H,23,24)(H2,20,21,22);1H. The lowest BCUT2D eigenvalue weighted by Crippen LogP contribution is -2.36. The smallest absolute Gasteiger partial charge is 0.221 e. The van der Waals surface area contributed by atoms with Gasteiger partial charge in [-0.3, -0.25) is 9.79 Å². The van der Waals surface area contributed by atoms with E-state index in [1.807, 2.05) is 24.3 Å². The number of nitrogens with one attached hydrogen (secondary N) is 3.